The quantitative estimate of drug-likeness (QED) is 0.699. The van der Waals surface area contributed by atoms with Crippen LogP contribution in [0.3, 0.4) is 0 Å². The first-order valence-corrected chi connectivity index (χ1v) is 10.4. The third kappa shape index (κ3) is 3.79. The molecule has 4 rings (SSSR count). The number of hydrogen-bond acceptors (Lipinski definition) is 6. The fourth-order valence-corrected chi connectivity index (χ4v) is 4.28. The van der Waals surface area contributed by atoms with Crippen molar-refractivity contribution in [2.24, 2.45) is 4.99 Å². The number of rotatable bonds is 4. The molecule has 2 aromatic rings. The van der Waals surface area contributed by atoms with Gasteiger partial charge in [0.05, 0.1) is 17.1 Å². The first kappa shape index (κ1) is 18.9. The average molecular weight is 414 g/mol. The lowest BCUT2D eigenvalue weighted by molar-refractivity contribution is -0.122. The molecule has 1 unspecified atom stereocenters. The molecule has 0 saturated carbocycles. The van der Waals surface area contributed by atoms with Gasteiger partial charge in [0.25, 0.3) is 15.9 Å². The topological polar surface area (TPSA) is 126 Å². The Labute approximate surface area is 167 Å². The highest BCUT2D eigenvalue weighted by atomic mass is 32.2. The van der Waals surface area contributed by atoms with Crippen molar-refractivity contribution in [1.29, 1.82) is 0 Å². The van der Waals surface area contributed by atoms with Gasteiger partial charge >= 0.3 is 0 Å². The molecule has 2 aliphatic rings. The standard InChI is InChI=1S/C19H18N4O5S/c1-11-19(25)22-14-10-12(6-7-15(14)28-11)21-17(24)8-9-20-18-13-4-2-3-5-16(13)29(26,27)23-18/h2-7,10-11H,8-9H2,1H3,(H,20,23)(H,21,24)(H,22,25). The summed E-state index contributed by atoms with van der Waals surface area (Å²) in [6.45, 7) is 1.76. The number of aliphatic imine (C=N–C) groups is 1. The van der Waals surface area contributed by atoms with Crippen LogP contribution in [0.1, 0.15) is 18.9 Å². The lowest BCUT2D eigenvalue weighted by Gasteiger charge is -2.23. The van der Waals surface area contributed by atoms with E-state index in [1.54, 1.807) is 43.3 Å². The van der Waals surface area contributed by atoms with Crippen molar-refractivity contribution in [3.8, 4) is 5.75 Å². The number of hydrogen-bond donors (Lipinski definition) is 3. The predicted molar refractivity (Wildman–Crippen MR) is 107 cm³/mol. The van der Waals surface area contributed by atoms with Crippen LogP contribution >= 0.6 is 0 Å². The highest BCUT2D eigenvalue weighted by Crippen LogP contribution is 2.32. The molecule has 2 aliphatic heterocycles. The van der Waals surface area contributed by atoms with E-state index >= 15 is 0 Å². The second kappa shape index (κ2) is 7.21. The van der Waals surface area contributed by atoms with Crippen LogP contribution in [-0.4, -0.2) is 38.7 Å². The number of nitrogens with one attached hydrogen (secondary N) is 3. The summed E-state index contributed by atoms with van der Waals surface area (Å²) in [5, 5.41) is 5.44. The van der Waals surface area contributed by atoms with Crippen molar-refractivity contribution < 1.29 is 22.7 Å². The van der Waals surface area contributed by atoms with Gasteiger partial charge in [-0.3, -0.25) is 19.3 Å². The van der Waals surface area contributed by atoms with E-state index in [9.17, 15) is 18.0 Å². The summed E-state index contributed by atoms with van der Waals surface area (Å²) in [6.07, 6.45) is -0.509. The third-order valence-electron chi connectivity index (χ3n) is 4.47. The Morgan fingerprint density at radius 1 is 1.24 bits per heavy atom. The van der Waals surface area contributed by atoms with Gasteiger partial charge in [0.1, 0.15) is 11.6 Å². The predicted octanol–water partition coefficient (Wildman–Crippen LogP) is 1.47. The average Bonchev–Trinajstić information content (AvgIpc) is 2.94. The molecular formula is C19H18N4O5S. The Balaban J connectivity index is 1.39. The maximum Gasteiger partial charge on any atom is 0.265 e. The van der Waals surface area contributed by atoms with Crippen LogP contribution in [0.25, 0.3) is 0 Å². The van der Waals surface area contributed by atoms with Crippen LogP contribution in [-0.2, 0) is 19.6 Å². The van der Waals surface area contributed by atoms with Crippen LogP contribution in [0.2, 0.25) is 0 Å². The number of ether oxygens (including phenoxy) is 1. The van der Waals surface area contributed by atoms with Crippen molar-refractivity contribution >= 4 is 39.0 Å². The van der Waals surface area contributed by atoms with E-state index in [1.165, 1.54) is 6.07 Å². The number of fused-ring (bicyclic) bond motifs is 2. The van der Waals surface area contributed by atoms with Gasteiger partial charge in [-0.15, -0.1) is 0 Å². The number of anilines is 2. The first-order valence-electron chi connectivity index (χ1n) is 8.91. The van der Waals surface area contributed by atoms with Gasteiger partial charge < -0.3 is 15.4 Å². The SMILES string of the molecule is CC1Oc2ccc(NC(=O)CCN=C3NS(=O)(=O)c4ccccc43)cc2NC1=O. The van der Waals surface area contributed by atoms with Gasteiger partial charge in [-0.2, -0.15) is 0 Å². The van der Waals surface area contributed by atoms with Gasteiger partial charge in [0, 0.05) is 17.7 Å². The Morgan fingerprint density at radius 3 is 2.86 bits per heavy atom. The highest BCUT2D eigenvalue weighted by Gasteiger charge is 2.30. The Morgan fingerprint density at radius 2 is 2.03 bits per heavy atom. The zero-order valence-electron chi connectivity index (χ0n) is 15.4. The van der Waals surface area contributed by atoms with E-state index in [1.807, 2.05) is 0 Å². The highest BCUT2D eigenvalue weighted by molar-refractivity contribution is 7.90. The summed E-state index contributed by atoms with van der Waals surface area (Å²) in [7, 11) is -3.60. The molecule has 0 aromatic heterocycles. The van der Waals surface area contributed by atoms with Crippen LogP contribution in [0.5, 0.6) is 5.75 Å². The summed E-state index contributed by atoms with van der Waals surface area (Å²) in [6, 6.07) is 11.5. The number of carbonyl (C=O) groups is 2. The molecule has 2 amide bonds. The molecule has 0 bridgehead atoms. The van der Waals surface area contributed by atoms with E-state index in [0.717, 1.165) is 0 Å². The summed E-state index contributed by atoms with van der Waals surface area (Å²) in [5.41, 5.74) is 1.49. The maximum atomic E-state index is 12.2. The number of amides is 2. The van der Waals surface area contributed by atoms with Gasteiger partial charge in [-0.25, -0.2) is 8.42 Å². The lowest BCUT2D eigenvalue weighted by Crippen LogP contribution is -2.34. The molecule has 3 N–H and O–H groups in total. The maximum absolute atomic E-state index is 12.2. The second-order valence-electron chi connectivity index (χ2n) is 6.59. The first-order chi connectivity index (χ1) is 13.8. The normalized spacial score (nSPS) is 20.1. The van der Waals surface area contributed by atoms with Crippen molar-refractivity contribution in [3.05, 3.63) is 48.0 Å². The molecule has 0 spiro atoms. The molecule has 2 heterocycles. The zero-order chi connectivity index (χ0) is 20.6. The number of benzene rings is 2. The van der Waals surface area contributed by atoms with Crippen molar-refractivity contribution in [2.75, 3.05) is 17.2 Å². The van der Waals surface area contributed by atoms with Gasteiger partial charge in [0.2, 0.25) is 5.91 Å². The molecular weight excluding hydrogens is 396 g/mol. The fourth-order valence-electron chi connectivity index (χ4n) is 3.03. The lowest BCUT2D eigenvalue weighted by atomic mass is 10.2. The third-order valence-corrected chi connectivity index (χ3v) is 5.86. The van der Waals surface area contributed by atoms with Crippen molar-refractivity contribution in [3.63, 3.8) is 0 Å². The van der Waals surface area contributed by atoms with Crippen LogP contribution in [0, 0.1) is 0 Å². The van der Waals surface area contributed by atoms with E-state index in [2.05, 4.69) is 20.3 Å². The Hall–Kier alpha value is -3.40. The van der Waals surface area contributed by atoms with Crippen LogP contribution in [0.15, 0.2) is 52.4 Å². The molecule has 9 nitrogen and oxygen atoms in total. The Kier molecular flexibility index (Phi) is 4.71. The minimum Gasteiger partial charge on any atom is -0.479 e. The number of sulfonamides is 1. The summed E-state index contributed by atoms with van der Waals surface area (Å²) >= 11 is 0. The molecule has 29 heavy (non-hydrogen) atoms. The van der Waals surface area contributed by atoms with Gasteiger partial charge in [0.15, 0.2) is 6.10 Å². The molecule has 0 saturated heterocycles. The number of carbonyl (C=O) groups excluding carboxylic acids is 2. The molecule has 0 radical (unpaired) electrons. The second-order valence-corrected chi connectivity index (χ2v) is 8.24. The summed E-state index contributed by atoms with van der Waals surface area (Å²) < 4.78 is 32.0. The monoisotopic (exact) mass is 414 g/mol. The Bertz CT molecular complexity index is 1140. The summed E-state index contributed by atoms with van der Waals surface area (Å²) in [4.78, 5) is 28.3. The molecule has 2 aromatic carbocycles. The molecule has 0 aliphatic carbocycles. The fraction of sp³-hybridized carbons (Fsp3) is 0.211. The van der Waals surface area contributed by atoms with Crippen molar-refractivity contribution in [1.82, 2.24) is 4.72 Å². The summed E-state index contributed by atoms with van der Waals surface area (Å²) in [5.74, 6) is 0.223. The van der Waals surface area contributed by atoms with E-state index in [4.69, 9.17) is 4.74 Å². The van der Waals surface area contributed by atoms with Crippen LogP contribution < -0.4 is 20.1 Å². The molecule has 1 atom stereocenters. The van der Waals surface area contributed by atoms with E-state index < -0.39 is 16.1 Å². The number of amidine groups is 1. The largest absolute Gasteiger partial charge is 0.479 e. The van der Waals surface area contributed by atoms with Crippen LogP contribution in [0.4, 0.5) is 11.4 Å². The number of nitrogens with zero attached hydrogens (tertiary/aromatic N) is 1. The molecule has 0 fully saturated rings. The minimum absolute atomic E-state index is 0.0599. The zero-order valence-corrected chi connectivity index (χ0v) is 16.2. The molecule has 10 heteroatoms. The van der Waals surface area contributed by atoms with Gasteiger partial charge in [-0.1, -0.05) is 12.1 Å². The van der Waals surface area contributed by atoms with Crippen molar-refractivity contribution in [2.45, 2.75) is 24.3 Å². The van der Waals surface area contributed by atoms with E-state index in [0.29, 0.717) is 22.7 Å². The van der Waals surface area contributed by atoms with Gasteiger partial charge in [-0.05, 0) is 37.3 Å². The molecule has 150 valence electrons. The van der Waals surface area contributed by atoms with E-state index in [-0.39, 0.29) is 35.5 Å². The minimum atomic E-state index is -3.60. The smallest absolute Gasteiger partial charge is 0.265 e.